The molecule has 0 aliphatic carbocycles. The Kier molecular flexibility index (Phi) is 5.59. The van der Waals surface area contributed by atoms with E-state index < -0.39 is 11.7 Å². The highest BCUT2D eigenvalue weighted by Gasteiger charge is 2.12. The number of aryl methyl sites for hydroxylation is 1. The minimum atomic E-state index is -0.763. The first kappa shape index (κ1) is 20.0. The van der Waals surface area contributed by atoms with Gasteiger partial charge in [0.2, 0.25) is 0 Å². The first-order chi connectivity index (χ1) is 15.0. The van der Waals surface area contributed by atoms with Crippen molar-refractivity contribution >= 4 is 23.0 Å². The lowest BCUT2D eigenvalue weighted by Crippen LogP contribution is -2.19. The molecule has 0 fully saturated rings. The molecule has 0 unspecified atom stereocenters. The summed E-state index contributed by atoms with van der Waals surface area (Å²) in [4.78, 5) is 12.2. The molecule has 0 radical (unpaired) electrons. The molecule has 3 aromatic carbocycles. The summed E-state index contributed by atoms with van der Waals surface area (Å²) < 4.78 is 16.1. The van der Waals surface area contributed by atoms with E-state index in [-0.39, 0.29) is 11.1 Å². The van der Waals surface area contributed by atoms with Gasteiger partial charge in [-0.15, -0.1) is 0 Å². The first-order valence-electron chi connectivity index (χ1n) is 9.71. The van der Waals surface area contributed by atoms with Crippen LogP contribution in [0.4, 0.5) is 4.39 Å². The molecular weight excluding hydrogens is 391 g/mol. The fraction of sp³-hybridized carbons (Fsp3) is 0.0800. The van der Waals surface area contributed by atoms with Crippen LogP contribution < -0.4 is 5.43 Å². The molecule has 4 aromatic rings. The van der Waals surface area contributed by atoms with Crippen molar-refractivity contribution < 1.29 is 9.18 Å². The van der Waals surface area contributed by atoms with Crippen LogP contribution in [0.1, 0.15) is 32.6 Å². The zero-order valence-corrected chi connectivity index (χ0v) is 16.8. The van der Waals surface area contributed by atoms with Gasteiger partial charge in [0.05, 0.1) is 23.4 Å². The number of fused-ring (bicyclic) bond motifs is 1. The average molecular weight is 410 g/mol. The van der Waals surface area contributed by atoms with Crippen molar-refractivity contribution in [2.24, 2.45) is 5.10 Å². The Morgan fingerprint density at radius 3 is 2.68 bits per heavy atom. The molecule has 5 nitrogen and oxygen atoms in total. The van der Waals surface area contributed by atoms with Gasteiger partial charge in [-0.2, -0.15) is 10.4 Å². The number of hydrogen-bond acceptors (Lipinski definition) is 3. The van der Waals surface area contributed by atoms with E-state index in [4.69, 9.17) is 5.26 Å². The largest absolute Gasteiger partial charge is 0.342 e. The van der Waals surface area contributed by atoms with Crippen LogP contribution in [0.5, 0.6) is 0 Å². The molecule has 152 valence electrons. The number of carbonyl (C=O) groups excluding carboxylic acids is 1. The number of halogens is 1. The Morgan fingerprint density at radius 2 is 1.94 bits per heavy atom. The van der Waals surface area contributed by atoms with E-state index >= 15 is 0 Å². The summed E-state index contributed by atoms with van der Waals surface area (Å²) in [6.45, 7) is 2.76. The molecular formula is C25H19FN4O. The van der Waals surface area contributed by atoms with Crippen molar-refractivity contribution in [1.29, 1.82) is 5.26 Å². The quantitative estimate of drug-likeness (QED) is 0.380. The van der Waals surface area contributed by atoms with Crippen molar-refractivity contribution in [3.8, 4) is 6.07 Å². The molecule has 1 N–H and O–H groups in total. The lowest BCUT2D eigenvalue weighted by molar-refractivity contribution is 0.0951. The van der Waals surface area contributed by atoms with Crippen molar-refractivity contribution in [3.05, 3.63) is 107 Å². The number of benzene rings is 3. The van der Waals surface area contributed by atoms with Crippen LogP contribution >= 0.6 is 0 Å². The Labute approximate surface area is 179 Å². The second-order valence-corrected chi connectivity index (χ2v) is 7.22. The van der Waals surface area contributed by atoms with Gasteiger partial charge in [0.15, 0.2) is 0 Å². The predicted octanol–water partition coefficient (Wildman–Crippen LogP) is 4.77. The average Bonchev–Trinajstić information content (AvgIpc) is 3.12. The smallest absolute Gasteiger partial charge is 0.274 e. The lowest BCUT2D eigenvalue weighted by Gasteiger charge is -2.06. The van der Waals surface area contributed by atoms with Crippen LogP contribution in [-0.2, 0) is 6.54 Å². The van der Waals surface area contributed by atoms with Gasteiger partial charge < -0.3 is 4.57 Å². The number of carbonyl (C=O) groups is 1. The van der Waals surface area contributed by atoms with E-state index in [0.717, 1.165) is 22.5 Å². The molecule has 1 heterocycles. The summed E-state index contributed by atoms with van der Waals surface area (Å²) >= 11 is 0. The van der Waals surface area contributed by atoms with E-state index in [1.807, 2.05) is 36.5 Å². The zero-order chi connectivity index (χ0) is 21.8. The third-order valence-corrected chi connectivity index (χ3v) is 5.01. The number of hydrogen-bond donors (Lipinski definition) is 1. The maximum absolute atomic E-state index is 14.0. The van der Waals surface area contributed by atoms with Gasteiger partial charge in [-0.05, 0) is 36.8 Å². The highest BCUT2D eigenvalue weighted by Crippen LogP contribution is 2.21. The SMILES string of the molecule is Cc1ccc(Cn2cc(/C=N\NC(=O)c3ccc(C#N)cc3F)c3ccccc32)cc1. The molecule has 0 atom stereocenters. The van der Waals surface area contributed by atoms with Gasteiger partial charge in [0.1, 0.15) is 5.82 Å². The number of nitrogens with zero attached hydrogens (tertiary/aromatic N) is 3. The zero-order valence-electron chi connectivity index (χ0n) is 16.8. The normalized spacial score (nSPS) is 11.0. The van der Waals surface area contributed by atoms with Gasteiger partial charge in [-0.1, -0.05) is 48.0 Å². The topological polar surface area (TPSA) is 70.2 Å². The molecule has 1 amide bonds. The minimum Gasteiger partial charge on any atom is -0.342 e. The third-order valence-electron chi connectivity index (χ3n) is 5.01. The number of rotatable bonds is 5. The highest BCUT2D eigenvalue weighted by molar-refractivity contribution is 6.00. The van der Waals surface area contributed by atoms with Gasteiger partial charge in [-0.3, -0.25) is 4.79 Å². The van der Waals surface area contributed by atoms with Gasteiger partial charge in [-0.25, -0.2) is 9.82 Å². The lowest BCUT2D eigenvalue weighted by atomic mass is 10.1. The Hall–Kier alpha value is -4.24. The molecule has 31 heavy (non-hydrogen) atoms. The standard InChI is InChI=1S/C25H19FN4O/c1-17-6-8-18(9-7-17)15-30-16-20(21-4-2-3-5-24(21)30)14-28-29-25(31)22-11-10-19(13-27)12-23(22)26/h2-12,14,16H,15H2,1H3,(H,29,31)/b28-14-. The molecule has 0 spiro atoms. The van der Waals surface area contributed by atoms with Gasteiger partial charge >= 0.3 is 0 Å². The molecule has 0 saturated heterocycles. The van der Waals surface area contributed by atoms with Crippen LogP contribution in [0.2, 0.25) is 0 Å². The van der Waals surface area contributed by atoms with Crippen LogP contribution in [0, 0.1) is 24.1 Å². The number of para-hydroxylation sites is 1. The van der Waals surface area contributed by atoms with Crippen LogP contribution in [0.15, 0.2) is 78.0 Å². The van der Waals surface area contributed by atoms with E-state index in [0.29, 0.717) is 6.54 Å². The number of nitriles is 1. The molecule has 1 aromatic heterocycles. The van der Waals surface area contributed by atoms with Crippen LogP contribution in [-0.4, -0.2) is 16.7 Å². The Balaban J connectivity index is 1.56. The first-order valence-corrected chi connectivity index (χ1v) is 9.71. The van der Waals surface area contributed by atoms with Crippen molar-refractivity contribution in [1.82, 2.24) is 9.99 Å². The summed E-state index contributed by atoms with van der Waals surface area (Å²) in [5.41, 5.74) is 6.62. The highest BCUT2D eigenvalue weighted by atomic mass is 19.1. The molecule has 4 rings (SSSR count). The van der Waals surface area contributed by atoms with Crippen LogP contribution in [0.25, 0.3) is 10.9 Å². The molecule has 6 heteroatoms. The predicted molar refractivity (Wildman–Crippen MR) is 118 cm³/mol. The van der Waals surface area contributed by atoms with Crippen molar-refractivity contribution in [2.45, 2.75) is 13.5 Å². The number of nitrogens with one attached hydrogen (secondary N) is 1. The summed E-state index contributed by atoms with van der Waals surface area (Å²) in [7, 11) is 0. The Bertz CT molecular complexity index is 1330. The monoisotopic (exact) mass is 410 g/mol. The fourth-order valence-corrected chi connectivity index (χ4v) is 3.39. The van der Waals surface area contributed by atoms with E-state index in [1.165, 1.54) is 23.3 Å². The minimum absolute atomic E-state index is 0.152. The van der Waals surface area contributed by atoms with E-state index in [1.54, 1.807) is 6.21 Å². The second kappa shape index (κ2) is 8.64. The van der Waals surface area contributed by atoms with E-state index in [9.17, 15) is 9.18 Å². The van der Waals surface area contributed by atoms with Gasteiger partial charge in [0, 0.05) is 29.2 Å². The molecule has 0 aliphatic heterocycles. The summed E-state index contributed by atoms with van der Waals surface area (Å²) in [6, 6.07) is 21.8. The summed E-state index contributed by atoms with van der Waals surface area (Å²) in [5.74, 6) is -1.44. The van der Waals surface area contributed by atoms with Crippen molar-refractivity contribution in [3.63, 3.8) is 0 Å². The molecule has 0 aliphatic rings. The number of aromatic nitrogens is 1. The van der Waals surface area contributed by atoms with E-state index in [2.05, 4.69) is 46.3 Å². The number of hydrazone groups is 1. The molecule has 0 saturated carbocycles. The summed E-state index contributed by atoms with van der Waals surface area (Å²) in [5, 5.41) is 13.8. The summed E-state index contributed by atoms with van der Waals surface area (Å²) in [6.07, 6.45) is 3.52. The maximum atomic E-state index is 14.0. The van der Waals surface area contributed by atoms with Crippen molar-refractivity contribution in [2.75, 3.05) is 0 Å². The number of amides is 1. The Morgan fingerprint density at radius 1 is 1.16 bits per heavy atom. The molecule has 0 bridgehead atoms. The van der Waals surface area contributed by atoms with Crippen LogP contribution in [0.3, 0.4) is 0 Å². The third kappa shape index (κ3) is 4.36. The second-order valence-electron chi connectivity index (χ2n) is 7.22. The maximum Gasteiger partial charge on any atom is 0.274 e. The fourth-order valence-electron chi connectivity index (χ4n) is 3.39. The van der Waals surface area contributed by atoms with Gasteiger partial charge in [0.25, 0.3) is 5.91 Å².